The molecule has 0 unspecified atom stereocenters. The topological polar surface area (TPSA) is 48.1 Å². The van der Waals surface area contributed by atoms with Crippen LogP contribution < -0.4 is 5.32 Å². The van der Waals surface area contributed by atoms with Gasteiger partial charge in [-0.25, -0.2) is 0 Å². The highest BCUT2D eigenvalue weighted by atomic mass is 16.1. The zero-order valence-corrected chi connectivity index (χ0v) is 11.6. The lowest BCUT2D eigenvalue weighted by Gasteiger charge is -2.13. The van der Waals surface area contributed by atoms with E-state index in [1.165, 1.54) is 0 Å². The summed E-state index contributed by atoms with van der Waals surface area (Å²) in [5.41, 5.74) is 2.13. The number of carbonyl (C=O) groups is 1. The average Bonchev–Trinajstić information content (AvgIpc) is 2.82. The molecular weight excluding hydrogens is 238 g/mol. The van der Waals surface area contributed by atoms with E-state index in [2.05, 4.69) is 22.1 Å². The second-order valence-electron chi connectivity index (χ2n) is 4.78. The Morgan fingerprint density at radius 1 is 1.37 bits per heavy atom. The van der Waals surface area contributed by atoms with E-state index in [-0.39, 0.29) is 5.91 Å². The molecular formula is C15H21N3O. The molecule has 0 aliphatic carbocycles. The fourth-order valence-corrected chi connectivity index (χ4v) is 2.06. The van der Waals surface area contributed by atoms with Crippen LogP contribution in [0.15, 0.2) is 30.5 Å². The van der Waals surface area contributed by atoms with Gasteiger partial charge < -0.3 is 15.2 Å². The summed E-state index contributed by atoms with van der Waals surface area (Å²) in [6, 6.07) is 8.04. The highest BCUT2D eigenvalue weighted by molar-refractivity contribution is 5.88. The number of amides is 1. The van der Waals surface area contributed by atoms with Gasteiger partial charge in [-0.2, -0.15) is 0 Å². The molecule has 0 bridgehead atoms. The third-order valence-electron chi connectivity index (χ3n) is 3.38. The Bertz CT molecular complexity index is 547. The number of rotatable bonds is 6. The summed E-state index contributed by atoms with van der Waals surface area (Å²) < 4.78 is 0. The van der Waals surface area contributed by atoms with Gasteiger partial charge in [-0.05, 0) is 25.2 Å². The Labute approximate surface area is 113 Å². The molecule has 0 aliphatic heterocycles. The third kappa shape index (κ3) is 3.58. The SMILES string of the molecule is CCN(C)CCNC(=O)Cc1c[nH]c2ccccc12. The smallest absolute Gasteiger partial charge is 0.224 e. The van der Waals surface area contributed by atoms with E-state index in [1.807, 2.05) is 37.5 Å². The average molecular weight is 259 g/mol. The van der Waals surface area contributed by atoms with Gasteiger partial charge in [0.25, 0.3) is 0 Å². The van der Waals surface area contributed by atoms with Gasteiger partial charge in [0.05, 0.1) is 6.42 Å². The number of fused-ring (bicyclic) bond motifs is 1. The molecule has 0 spiro atoms. The van der Waals surface area contributed by atoms with Crippen molar-refractivity contribution in [1.82, 2.24) is 15.2 Å². The molecule has 1 aromatic heterocycles. The first-order chi connectivity index (χ1) is 9.20. The number of likely N-dealkylation sites (N-methyl/N-ethyl adjacent to an activating group) is 1. The van der Waals surface area contributed by atoms with Crippen molar-refractivity contribution in [3.05, 3.63) is 36.0 Å². The number of nitrogens with zero attached hydrogens (tertiary/aromatic N) is 1. The Hall–Kier alpha value is -1.81. The van der Waals surface area contributed by atoms with Crippen molar-refractivity contribution in [1.29, 1.82) is 0 Å². The highest BCUT2D eigenvalue weighted by Crippen LogP contribution is 2.17. The van der Waals surface area contributed by atoms with Gasteiger partial charge in [-0.1, -0.05) is 25.1 Å². The number of hydrogen-bond acceptors (Lipinski definition) is 2. The fourth-order valence-electron chi connectivity index (χ4n) is 2.06. The van der Waals surface area contributed by atoms with Crippen molar-refractivity contribution in [2.24, 2.45) is 0 Å². The maximum Gasteiger partial charge on any atom is 0.224 e. The zero-order chi connectivity index (χ0) is 13.7. The van der Waals surface area contributed by atoms with Crippen molar-refractivity contribution < 1.29 is 4.79 Å². The van der Waals surface area contributed by atoms with Crippen LogP contribution in [0.2, 0.25) is 0 Å². The number of aromatic nitrogens is 1. The largest absolute Gasteiger partial charge is 0.361 e. The molecule has 0 fully saturated rings. The van der Waals surface area contributed by atoms with Gasteiger partial charge in [0.2, 0.25) is 5.91 Å². The van der Waals surface area contributed by atoms with Crippen LogP contribution >= 0.6 is 0 Å². The molecule has 0 radical (unpaired) electrons. The van der Waals surface area contributed by atoms with Crippen LogP contribution in [0, 0.1) is 0 Å². The van der Waals surface area contributed by atoms with Crippen molar-refractivity contribution in [3.8, 4) is 0 Å². The van der Waals surface area contributed by atoms with E-state index in [9.17, 15) is 4.79 Å². The quantitative estimate of drug-likeness (QED) is 0.830. The maximum atomic E-state index is 11.9. The lowest BCUT2D eigenvalue weighted by atomic mass is 10.1. The molecule has 102 valence electrons. The van der Waals surface area contributed by atoms with Gasteiger partial charge >= 0.3 is 0 Å². The molecule has 1 aromatic carbocycles. The Morgan fingerprint density at radius 3 is 2.95 bits per heavy atom. The van der Waals surface area contributed by atoms with Crippen LogP contribution in [0.25, 0.3) is 10.9 Å². The van der Waals surface area contributed by atoms with E-state index >= 15 is 0 Å². The molecule has 0 aliphatic rings. The fraction of sp³-hybridized carbons (Fsp3) is 0.400. The molecule has 2 rings (SSSR count). The minimum atomic E-state index is 0.0780. The minimum Gasteiger partial charge on any atom is -0.361 e. The lowest BCUT2D eigenvalue weighted by Crippen LogP contribution is -2.33. The molecule has 0 saturated heterocycles. The van der Waals surface area contributed by atoms with Crippen LogP contribution in [-0.4, -0.2) is 42.5 Å². The van der Waals surface area contributed by atoms with Crippen molar-refractivity contribution in [2.75, 3.05) is 26.7 Å². The zero-order valence-electron chi connectivity index (χ0n) is 11.6. The summed E-state index contributed by atoms with van der Waals surface area (Å²) >= 11 is 0. The summed E-state index contributed by atoms with van der Waals surface area (Å²) in [7, 11) is 2.05. The number of hydrogen-bond donors (Lipinski definition) is 2. The van der Waals surface area contributed by atoms with E-state index in [0.29, 0.717) is 13.0 Å². The van der Waals surface area contributed by atoms with E-state index in [4.69, 9.17) is 0 Å². The molecule has 4 heteroatoms. The van der Waals surface area contributed by atoms with Gasteiger partial charge in [-0.15, -0.1) is 0 Å². The Morgan fingerprint density at radius 2 is 2.16 bits per heavy atom. The van der Waals surface area contributed by atoms with Gasteiger partial charge in [-0.3, -0.25) is 4.79 Å². The number of para-hydroxylation sites is 1. The van der Waals surface area contributed by atoms with E-state index < -0.39 is 0 Å². The number of H-pyrrole nitrogens is 1. The van der Waals surface area contributed by atoms with Crippen LogP contribution in [0.3, 0.4) is 0 Å². The second-order valence-corrected chi connectivity index (χ2v) is 4.78. The van der Waals surface area contributed by atoms with E-state index in [1.54, 1.807) is 0 Å². The molecule has 0 atom stereocenters. The molecule has 19 heavy (non-hydrogen) atoms. The summed E-state index contributed by atoms with van der Waals surface area (Å²) in [5.74, 6) is 0.0780. The standard InChI is InChI=1S/C15H21N3O/c1-3-18(2)9-8-16-15(19)10-12-11-17-14-7-5-4-6-13(12)14/h4-7,11,17H,3,8-10H2,1-2H3,(H,16,19). The third-order valence-corrected chi connectivity index (χ3v) is 3.38. The predicted molar refractivity (Wildman–Crippen MR) is 78.2 cm³/mol. The number of benzene rings is 1. The summed E-state index contributed by atoms with van der Waals surface area (Å²) in [6.45, 7) is 4.69. The van der Waals surface area contributed by atoms with Crippen LogP contribution in [0.4, 0.5) is 0 Å². The van der Waals surface area contributed by atoms with Crippen LogP contribution in [0.1, 0.15) is 12.5 Å². The Kier molecular flexibility index (Phi) is 4.58. The van der Waals surface area contributed by atoms with Gasteiger partial charge in [0.15, 0.2) is 0 Å². The summed E-state index contributed by atoms with van der Waals surface area (Å²) in [4.78, 5) is 17.2. The van der Waals surface area contributed by atoms with Crippen molar-refractivity contribution in [2.45, 2.75) is 13.3 Å². The number of aromatic amines is 1. The lowest BCUT2D eigenvalue weighted by molar-refractivity contribution is -0.120. The molecule has 1 heterocycles. The molecule has 1 amide bonds. The van der Waals surface area contributed by atoms with Crippen molar-refractivity contribution in [3.63, 3.8) is 0 Å². The minimum absolute atomic E-state index is 0.0780. The first kappa shape index (κ1) is 13.6. The van der Waals surface area contributed by atoms with Crippen molar-refractivity contribution >= 4 is 16.8 Å². The molecule has 2 aromatic rings. The monoisotopic (exact) mass is 259 g/mol. The molecule has 2 N–H and O–H groups in total. The van der Waals surface area contributed by atoms with Crippen LogP contribution in [-0.2, 0) is 11.2 Å². The number of carbonyl (C=O) groups excluding carboxylic acids is 1. The molecule has 0 saturated carbocycles. The van der Waals surface area contributed by atoms with Gasteiger partial charge in [0, 0.05) is 30.2 Å². The van der Waals surface area contributed by atoms with Crippen LogP contribution in [0.5, 0.6) is 0 Å². The highest BCUT2D eigenvalue weighted by Gasteiger charge is 2.08. The normalized spacial score (nSPS) is 11.1. The second kappa shape index (κ2) is 6.38. The van der Waals surface area contributed by atoms with Gasteiger partial charge in [0.1, 0.15) is 0 Å². The first-order valence-electron chi connectivity index (χ1n) is 6.71. The predicted octanol–water partition coefficient (Wildman–Crippen LogP) is 1.78. The first-order valence-corrected chi connectivity index (χ1v) is 6.71. The molecule has 4 nitrogen and oxygen atoms in total. The summed E-state index contributed by atoms with van der Waals surface area (Å²) in [6.07, 6.45) is 2.35. The maximum absolute atomic E-state index is 11.9. The number of nitrogens with one attached hydrogen (secondary N) is 2. The Balaban J connectivity index is 1.88. The van der Waals surface area contributed by atoms with E-state index in [0.717, 1.165) is 29.6 Å². The summed E-state index contributed by atoms with van der Waals surface area (Å²) in [5, 5.41) is 4.08.